The second kappa shape index (κ2) is 7.14. The summed E-state index contributed by atoms with van der Waals surface area (Å²) >= 11 is 1.64. The lowest BCUT2D eigenvalue weighted by atomic mass is 10.4. The van der Waals surface area contributed by atoms with Gasteiger partial charge in [-0.1, -0.05) is 6.92 Å². The molecule has 0 aromatic carbocycles. The van der Waals surface area contributed by atoms with E-state index >= 15 is 0 Å². The molecule has 1 aromatic heterocycles. The Kier molecular flexibility index (Phi) is 6.09. The van der Waals surface area contributed by atoms with Gasteiger partial charge in [0.1, 0.15) is 10.6 Å². The number of aryl methyl sites for hydroxylation is 1. The predicted octanol–water partition coefficient (Wildman–Crippen LogP) is 1.63. The van der Waals surface area contributed by atoms with E-state index in [9.17, 15) is 13.2 Å². The summed E-state index contributed by atoms with van der Waals surface area (Å²) in [5.41, 5.74) is -0.0246. The van der Waals surface area contributed by atoms with Crippen molar-refractivity contribution in [3.05, 3.63) is 18.0 Å². The number of aromatic nitrogens is 1. The molecule has 6 nitrogen and oxygen atoms in total. The van der Waals surface area contributed by atoms with Crippen LogP contribution in [0.2, 0.25) is 0 Å². The summed E-state index contributed by atoms with van der Waals surface area (Å²) in [7, 11) is -3.68. The van der Waals surface area contributed by atoms with Crippen LogP contribution in [0.5, 0.6) is 0 Å². The van der Waals surface area contributed by atoms with E-state index in [2.05, 4.69) is 4.72 Å². The minimum atomic E-state index is -3.68. The number of nitrogens with zero attached hydrogens (tertiary/aromatic N) is 1. The monoisotopic (exact) mass is 320 g/mol. The van der Waals surface area contributed by atoms with E-state index < -0.39 is 16.0 Å². The van der Waals surface area contributed by atoms with Crippen molar-refractivity contribution in [1.82, 2.24) is 9.29 Å². The molecule has 1 aromatic rings. The molecule has 0 aliphatic carbocycles. The predicted molar refractivity (Wildman–Crippen MR) is 79.8 cm³/mol. The quantitative estimate of drug-likeness (QED) is 0.760. The summed E-state index contributed by atoms with van der Waals surface area (Å²) in [6.07, 6.45) is 1.35. The highest BCUT2D eigenvalue weighted by atomic mass is 32.2. The van der Waals surface area contributed by atoms with Gasteiger partial charge >= 0.3 is 5.97 Å². The van der Waals surface area contributed by atoms with Gasteiger partial charge in [-0.15, -0.1) is 0 Å². The Labute approximate surface area is 123 Å². The minimum Gasteiger partial charge on any atom is -0.477 e. The highest BCUT2D eigenvalue weighted by Crippen LogP contribution is 2.15. The fourth-order valence-corrected chi connectivity index (χ4v) is 3.79. The third-order valence-electron chi connectivity index (χ3n) is 2.67. The van der Waals surface area contributed by atoms with Crippen LogP contribution < -0.4 is 4.72 Å². The van der Waals surface area contributed by atoms with Crippen molar-refractivity contribution >= 4 is 27.8 Å². The minimum absolute atomic E-state index is 0.00917. The molecular formula is C12H20N2O4S2. The molecule has 1 atom stereocenters. The highest BCUT2D eigenvalue weighted by Gasteiger charge is 2.22. The lowest BCUT2D eigenvalue weighted by Gasteiger charge is -2.12. The summed E-state index contributed by atoms with van der Waals surface area (Å²) in [5.74, 6) is 0.458. The Bertz CT molecular complexity index is 566. The maximum Gasteiger partial charge on any atom is 0.352 e. The van der Waals surface area contributed by atoms with Gasteiger partial charge in [0.05, 0.1) is 0 Å². The van der Waals surface area contributed by atoms with Gasteiger partial charge in [0, 0.05) is 24.5 Å². The molecule has 1 heterocycles. The van der Waals surface area contributed by atoms with E-state index in [1.165, 1.54) is 16.8 Å². The zero-order valence-corrected chi connectivity index (χ0v) is 13.4. The number of hydrogen-bond donors (Lipinski definition) is 2. The molecule has 0 bridgehead atoms. The molecule has 0 aliphatic heterocycles. The number of carboxylic acid groups (broad SMARTS) is 1. The van der Waals surface area contributed by atoms with Gasteiger partial charge in [0.15, 0.2) is 0 Å². The fraction of sp³-hybridized carbons (Fsp3) is 0.583. The van der Waals surface area contributed by atoms with Crippen LogP contribution in [0.3, 0.4) is 0 Å². The number of sulfonamides is 1. The SMILES string of the molecule is CCSCC(C)NS(=O)(=O)c1cc(C(=O)O)n(CC)c1. The number of carbonyl (C=O) groups is 1. The standard InChI is InChI=1S/C12H20N2O4S2/c1-4-14-7-10(6-11(14)12(15)16)20(17,18)13-9(3)8-19-5-2/h6-7,9,13H,4-5,8H2,1-3H3,(H,15,16). The van der Waals surface area contributed by atoms with Crippen molar-refractivity contribution in [2.45, 2.75) is 38.3 Å². The van der Waals surface area contributed by atoms with Crippen LogP contribution in [-0.4, -0.2) is 41.6 Å². The number of aromatic carboxylic acids is 1. The number of thioether (sulfide) groups is 1. The van der Waals surface area contributed by atoms with Gasteiger partial charge in [-0.25, -0.2) is 17.9 Å². The lowest BCUT2D eigenvalue weighted by Crippen LogP contribution is -2.34. The summed E-state index contributed by atoms with van der Waals surface area (Å²) in [5, 5.41) is 9.03. The van der Waals surface area contributed by atoms with Crippen LogP contribution >= 0.6 is 11.8 Å². The Hall–Kier alpha value is -0.990. The summed E-state index contributed by atoms with van der Waals surface area (Å²) in [6.45, 7) is 5.96. The Balaban J connectivity index is 2.95. The first-order valence-electron chi connectivity index (χ1n) is 6.35. The summed E-state index contributed by atoms with van der Waals surface area (Å²) in [4.78, 5) is 11.0. The van der Waals surface area contributed by atoms with Gasteiger partial charge in [0.25, 0.3) is 0 Å². The zero-order valence-electron chi connectivity index (χ0n) is 11.8. The smallest absolute Gasteiger partial charge is 0.352 e. The Morgan fingerprint density at radius 3 is 2.60 bits per heavy atom. The molecule has 0 saturated heterocycles. The molecule has 0 saturated carbocycles. The third-order valence-corrected chi connectivity index (χ3v) is 5.37. The Morgan fingerprint density at radius 1 is 1.50 bits per heavy atom. The lowest BCUT2D eigenvalue weighted by molar-refractivity contribution is 0.0685. The molecule has 20 heavy (non-hydrogen) atoms. The first kappa shape index (κ1) is 17.1. The largest absolute Gasteiger partial charge is 0.477 e. The van der Waals surface area contributed by atoms with E-state index in [0.29, 0.717) is 12.3 Å². The molecule has 0 fully saturated rings. The highest BCUT2D eigenvalue weighted by molar-refractivity contribution is 7.99. The first-order chi connectivity index (χ1) is 9.31. The van der Waals surface area contributed by atoms with Crippen molar-refractivity contribution in [2.75, 3.05) is 11.5 Å². The van der Waals surface area contributed by atoms with Crippen molar-refractivity contribution in [2.24, 2.45) is 0 Å². The summed E-state index contributed by atoms with van der Waals surface area (Å²) in [6, 6.07) is 0.983. The maximum absolute atomic E-state index is 12.2. The number of carboxylic acids is 1. The second-order valence-corrected chi connectivity index (χ2v) is 7.37. The van der Waals surface area contributed by atoms with E-state index in [1.54, 1.807) is 25.6 Å². The van der Waals surface area contributed by atoms with E-state index in [4.69, 9.17) is 5.11 Å². The van der Waals surface area contributed by atoms with E-state index in [-0.39, 0.29) is 16.6 Å². The molecule has 8 heteroatoms. The van der Waals surface area contributed by atoms with Crippen LogP contribution in [0.1, 0.15) is 31.3 Å². The average Bonchev–Trinajstić information content (AvgIpc) is 2.80. The Morgan fingerprint density at radius 2 is 2.15 bits per heavy atom. The molecule has 0 radical (unpaired) electrons. The van der Waals surface area contributed by atoms with Gasteiger partial charge in [-0.3, -0.25) is 0 Å². The van der Waals surface area contributed by atoms with E-state index in [1.807, 2.05) is 6.92 Å². The molecular weight excluding hydrogens is 300 g/mol. The van der Waals surface area contributed by atoms with Crippen LogP contribution in [0.4, 0.5) is 0 Å². The van der Waals surface area contributed by atoms with Crippen LogP contribution in [-0.2, 0) is 16.6 Å². The number of rotatable bonds is 8. The van der Waals surface area contributed by atoms with Crippen molar-refractivity contribution in [1.29, 1.82) is 0 Å². The van der Waals surface area contributed by atoms with Gasteiger partial charge < -0.3 is 9.67 Å². The topological polar surface area (TPSA) is 88.4 Å². The van der Waals surface area contributed by atoms with Gasteiger partial charge in [-0.05, 0) is 25.7 Å². The van der Waals surface area contributed by atoms with Crippen molar-refractivity contribution in [3.63, 3.8) is 0 Å². The first-order valence-corrected chi connectivity index (χ1v) is 8.99. The molecule has 1 unspecified atom stereocenters. The molecule has 1 rings (SSSR count). The normalized spacial score (nSPS) is 13.3. The molecule has 0 aliphatic rings. The fourth-order valence-electron chi connectivity index (χ4n) is 1.73. The molecule has 114 valence electrons. The molecule has 2 N–H and O–H groups in total. The number of hydrogen-bond acceptors (Lipinski definition) is 4. The van der Waals surface area contributed by atoms with Crippen molar-refractivity contribution in [3.8, 4) is 0 Å². The van der Waals surface area contributed by atoms with Gasteiger partial charge in [0.2, 0.25) is 10.0 Å². The molecule has 0 amide bonds. The van der Waals surface area contributed by atoms with Crippen LogP contribution in [0.15, 0.2) is 17.2 Å². The number of nitrogens with one attached hydrogen (secondary N) is 1. The summed E-state index contributed by atoms with van der Waals surface area (Å²) < 4.78 is 28.3. The maximum atomic E-state index is 12.2. The second-order valence-electron chi connectivity index (χ2n) is 4.33. The third kappa shape index (κ3) is 4.26. The zero-order chi connectivity index (χ0) is 15.3. The average molecular weight is 320 g/mol. The van der Waals surface area contributed by atoms with Crippen LogP contribution in [0, 0.1) is 0 Å². The van der Waals surface area contributed by atoms with Gasteiger partial charge in [-0.2, -0.15) is 11.8 Å². The van der Waals surface area contributed by atoms with Crippen LogP contribution in [0.25, 0.3) is 0 Å². The molecule has 0 spiro atoms. The van der Waals surface area contributed by atoms with Crippen molar-refractivity contribution < 1.29 is 18.3 Å². The van der Waals surface area contributed by atoms with E-state index in [0.717, 1.165) is 5.75 Å².